The molecule has 0 amide bonds. The minimum atomic E-state index is -1.52. The minimum absolute atomic E-state index is 0.172. The number of hydrogen-bond donors (Lipinski definition) is 2. The van der Waals surface area contributed by atoms with Gasteiger partial charge in [-0.05, 0) is 37.6 Å². The highest BCUT2D eigenvalue weighted by Gasteiger charge is 2.37. The molecule has 2 N–H and O–H groups in total. The predicted octanol–water partition coefficient (Wildman–Crippen LogP) is 1.66. The molecule has 1 atom stereocenters. The van der Waals surface area contributed by atoms with Crippen molar-refractivity contribution in [2.45, 2.75) is 25.4 Å². The van der Waals surface area contributed by atoms with Gasteiger partial charge in [0.2, 0.25) is 0 Å². The van der Waals surface area contributed by atoms with E-state index >= 15 is 0 Å². The van der Waals surface area contributed by atoms with Gasteiger partial charge in [0.15, 0.2) is 11.3 Å². The molecule has 4 nitrogen and oxygen atoms in total. The van der Waals surface area contributed by atoms with Gasteiger partial charge < -0.3 is 14.6 Å². The van der Waals surface area contributed by atoms with Crippen molar-refractivity contribution in [3.8, 4) is 0 Å². The van der Waals surface area contributed by atoms with Crippen LogP contribution in [0.4, 0.5) is 0 Å². The van der Waals surface area contributed by atoms with Crippen molar-refractivity contribution >= 4 is 17.6 Å². The highest BCUT2D eigenvalue weighted by atomic mass is 35.5. The number of rotatable bonds is 3. The summed E-state index contributed by atoms with van der Waals surface area (Å²) in [4.78, 5) is 10.6. The van der Waals surface area contributed by atoms with E-state index in [9.17, 15) is 9.90 Å². The largest absolute Gasteiger partial charge is 0.479 e. The zero-order chi connectivity index (χ0) is 10.9. The van der Waals surface area contributed by atoms with Gasteiger partial charge >= 0.3 is 5.97 Å². The highest BCUT2D eigenvalue weighted by Crippen LogP contribution is 2.30. The molecule has 0 spiro atoms. The van der Waals surface area contributed by atoms with Crippen molar-refractivity contribution in [3.63, 3.8) is 0 Å². The van der Waals surface area contributed by atoms with E-state index in [1.807, 2.05) is 0 Å². The van der Waals surface area contributed by atoms with Crippen LogP contribution in [-0.2, 0) is 10.2 Å². The summed E-state index contributed by atoms with van der Waals surface area (Å²) in [6, 6.07) is 3.06. The summed E-state index contributed by atoms with van der Waals surface area (Å²) in [5.74, 6) is -0.945. The molecular formula is C9H11ClO4. The number of carboxylic acid groups (broad SMARTS) is 1. The van der Waals surface area contributed by atoms with Crippen LogP contribution in [0.25, 0.3) is 0 Å². The average Bonchev–Trinajstić information content (AvgIpc) is 2.50. The number of hydrogen-bond acceptors (Lipinski definition) is 3. The number of aliphatic hydroxyl groups excluding tert-OH is 1. The Morgan fingerprint density at radius 1 is 1.57 bits per heavy atom. The molecule has 1 rings (SSSR count). The Kier molecular flexibility index (Phi) is 2.87. The molecule has 0 aliphatic carbocycles. The Morgan fingerprint density at radius 3 is 2.50 bits per heavy atom. The molecule has 14 heavy (non-hydrogen) atoms. The van der Waals surface area contributed by atoms with Crippen LogP contribution in [0.2, 0.25) is 5.22 Å². The van der Waals surface area contributed by atoms with Gasteiger partial charge in [-0.25, -0.2) is 4.79 Å². The summed E-state index contributed by atoms with van der Waals surface area (Å²) >= 11 is 5.55. The molecule has 1 unspecified atom stereocenters. The van der Waals surface area contributed by atoms with Gasteiger partial charge in [0.1, 0.15) is 5.76 Å². The van der Waals surface area contributed by atoms with Gasteiger partial charge in [-0.3, -0.25) is 0 Å². The van der Waals surface area contributed by atoms with Gasteiger partial charge in [0.05, 0.1) is 5.41 Å². The molecule has 0 saturated heterocycles. The first-order valence-electron chi connectivity index (χ1n) is 4.02. The Labute approximate surface area is 86.1 Å². The maximum atomic E-state index is 10.6. The van der Waals surface area contributed by atoms with Crippen molar-refractivity contribution < 1.29 is 19.4 Å². The fourth-order valence-corrected chi connectivity index (χ4v) is 1.25. The first-order chi connectivity index (χ1) is 6.35. The van der Waals surface area contributed by atoms with E-state index in [2.05, 4.69) is 0 Å². The molecule has 1 heterocycles. The van der Waals surface area contributed by atoms with Gasteiger partial charge in [-0.1, -0.05) is 0 Å². The number of carbonyl (C=O) groups is 1. The predicted molar refractivity (Wildman–Crippen MR) is 50.4 cm³/mol. The van der Waals surface area contributed by atoms with Crippen LogP contribution in [0.5, 0.6) is 0 Å². The smallest absolute Gasteiger partial charge is 0.333 e. The quantitative estimate of drug-likeness (QED) is 0.810. The Hall–Kier alpha value is -1.00. The number of carboxylic acids is 1. The normalized spacial score (nSPS) is 14.0. The van der Waals surface area contributed by atoms with E-state index in [-0.39, 0.29) is 5.22 Å². The third kappa shape index (κ3) is 1.91. The molecule has 0 saturated carbocycles. The van der Waals surface area contributed by atoms with E-state index < -0.39 is 17.5 Å². The molecule has 0 fully saturated rings. The molecular weight excluding hydrogens is 208 g/mol. The van der Waals surface area contributed by atoms with Crippen LogP contribution < -0.4 is 0 Å². The van der Waals surface area contributed by atoms with Crippen LogP contribution in [-0.4, -0.2) is 22.3 Å². The lowest BCUT2D eigenvalue weighted by Gasteiger charge is -2.24. The Bertz CT molecular complexity index is 342. The highest BCUT2D eigenvalue weighted by molar-refractivity contribution is 6.28. The summed E-state index contributed by atoms with van der Waals surface area (Å²) in [5, 5.41) is 18.2. The van der Waals surface area contributed by atoms with E-state index in [1.165, 1.54) is 6.07 Å². The minimum Gasteiger partial charge on any atom is -0.479 e. The van der Waals surface area contributed by atoms with Gasteiger partial charge in [0.25, 0.3) is 0 Å². The van der Waals surface area contributed by atoms with Crippen LogP contribution >= 0.6 is 11.6 Å². The van der Waals surface area contributed by atoms with Crippen LogP contribution in [0.3, 0.4) is 0 Å². The van der Waals surface area contributed by atoms with E-state index in [0.29, 0.717) is 5.76 Å². The fourth-order valence-electron chi connectivity index (χ4n) is 1.10. The topological polar surface area (TPSA) is 70.7 Å². The molecule has 0 radical (unpaired) electrons. The van der Waals surface area contributed by atoms with Gasteiger partial charge in [0, 0.05) is 0 Å². The average molecular weight is 219 g/mol. The van der Waals surface area contributed by atoms with Crippen molar-refractivity contribution in [1.29, 1.82) is 0 Å². The van der Waals surface area contributed by atoms with E-state index in [4.69, 9.17) is 21.1 Å². The lowest BCUT2D eigenvalue weighted by molar-refractivity contribution is -0.150. The molecule has 5 heteroatoms. The van der Waals surface area contributed by atoms with Crippen LogP contribution in [0.1, 0.15) is 19.6 Å². The molecule has 1 aromatic heterocycles. The molecule has 0 aliphatic heterocycles. The molecule has 1 aromatic rings. The number of halogens is 1. The molecule has 78 valence electrons. The number of aliphatic hydroxyl groups is 1. The lowest BCUT2D eigenvalue weighted by Crippen LogP contribution is -2.39. The van der Waals surface area contributed by atoms with Crippen LogP contribution in [0, 0.1) is 0 Å². The van der Waals surface area contributed by atoms with Crippen molar-refractivity contribution in [2.75, 3.05) is 0 Å². The van der Waals surface area contributed by atoms with Gasteiger partial charge in [-0.15, -0.1) is 0 Å². The maximum absolute atomic E-state index is 10.6. The van der Waals surface area contributed by atoms with Gasteiger partial charge in [-0.2, -0.15) is 0 Å². The molecule has 0 bridgehead atoms. The SMILES string of the molecule is CC(C)(c1ccc(Cl)o1)C(O)C(=O)O. The summed E-state index contributed by atoms with van der Waals surface area (Å²) in [6.07, 6.45) is -1.52. The van der Waals surface area contributed by atoms with Crippen molar-refractivity contribution in [1.82, 2.24) is 0 Å². The third-order valence-corrected chi connectivity index (χ3v) is 2.33. The Balaban J connectivity index is 3.01. The summed E-state index contributed by atoms with van der Waals surface area (Å²) in [6.45, 7) is 3.14. The van der Waals surface area contributed by atoms with Crippen LogP contribution in [0.15, 0.2) is 16.5 Å². The second kappa shape index (κ2) is 3.63. The maximum Gasteiger partial charge on any atom is 0.333 e. The number of aliphatic carboxylic acids is 1. The monoisotopic (exact) mass is 218 g/mol. The van der Waals surface area contributed by atoms with Crippen molar-refractivity contribution in [3.05, 3.63) is 23.1 Å². The lowest BCUT2D eigenvalue weighted by atomic mass is 9.84. The molecule has 0 aromatic carbocycles. The second-order valence-electron chi connectivity index (χ2n) is 3.57. The zero-order valence-electron chi connectivity index (χ0n) is 7.82. The summed E-state index contributed by atoms with van der Waals surface area (Å²) in [7, 11) is 0. The zero-order valence-corrected chi connectivity index (χ0v) is 8.58. The standard InChI is InChI=1S/C9H11ClO4/c1-9(2,7(11)8(12)13)5-3-4-6(10)14-5/h3-4,7,11H,1-2H3,(H,12,13). The first kappa shape index (κ1) is 11.1. The molecule has 0 aliphatic rings. The summed E-state index contributed by atoms with van der Waals surface area (Å²) in [5.41, 5.74) is -1.00. The number of furan rings is 1. The van der Waals surface area contributed by atoms with E-state index in [1.54, 1.807) is 19.9 Å². The van der Waals surface area contributed by atoms with E-state index in [0.717, 1.165) is 0 Å². The first-order valence-corrected chi connectivity index (χ1v) is 4.40. The van der Waals surface area contributed by atoms with Crippen molar-refractivity contribution in [2.24, 2.45) is 0 Å². The Morgan fingerprint density at radius 2 is 2.14 bits per heavy atom. The second-order valence-corrected chi connectivity index (χ2v) is 3.94. The fraction of sp³-hybridized carbons (Fsp3) is 0.444. The summed E-state index contributed by atoms with van der Waals surface area (Å²) < 4.78 is 5.06. The third-order valence-electron chi connectivity index (χ3n) is 2.13.